The van der Waals surface area contributed by atoms with Crippen LogP contribution in [-0.2, 0) is 13.6 Å². The second-order valence-electron chi connectivity index (χ2n) is 7.06. The van der Waals surface area contributed by atoms with Crippen LogP contribution in [0.2, 0.25) is 0 Å². The van der Waals surface area contributed by atoms with Crippen LogP contribution in [0.3, 0.4) is 0 Å². The van der Waals surface area contributed by atoms with E-state index >= 15 is 0 Å². The SMILES string of the molecule is CCCC1CC1NC(=NCC)N(C)Cc1cn(C)nc1C(C)C. The van der Waals surface area contributed by atoms with Gasteiger partial charge >= 0.3 is 0 Å². The summed E-state index contributed by atoms with van der Waals surface area (Å²) in [5.74, 6) is 2.30. The van der Waals surface area contributed by atoms with Gasteiger partial charge in [0.15, 0.2) is 5.96 Å². The van der Waals surface area contributed by atoms with Crippen LogP contribution >= 0.6 is 0 Å². The molecule has 0 aromatic carbocycles. The molecular weight excluding hydrogens is 286 g/mol. The van der Waals surface area contributed by atoms with Crippen LogP contribution in [0.5, 0.6) is 0 Å². The Balaban J connectivity index is 2.01. The van der Waals surface area contributed by atoms with Crippen LogP contribution in [0.15, 0.2) is 11.2 Å². The van der Waals surface area contributed by atoms with Gasteiger partial charge in [-0.05, 0) is 31.6 Å². The summed E-state index contributed by atoms with van der Waals surface area (Å²) < 4.78 is 1.92. The van der Waals surface area contributed by atoms with Gasteiger partial charge in [0, 0.05) is 45.0 Å². The lowest BCUT2D eigenvalue weighted by atomic mass is 10.1. The number of rotatable bonds is 7. The Morgan fingerprint density at radius 1 is 1.48 bits per heavy atom. The number of nitrogens with one attached hydrogen (secondary N) is 1. The third-order valence-corrected chi connectivity index (χ3v) is 4.46. The Morgan fingerprint density at radius 3 is 2.83 bits per heavy atom. The quantitative estimate of drug-likeness (QED) is 0.620. The fourth-order valence-electron chi connectivity index (χ4n) is 3.20. The highest BCUT2D eigenvalue weighted by molar-refractivity contribution is 5.80. The first-order valence-corrected chi connectivity index (χ1v) is 9.00. The summed E-state index contributed by atoms with van der Waals surface area (Å²) in [5.41, 5.74) is 2.47. The molecule has 2 unspecified atom stereocenters. The van der Waals surface area contributed by atoms with Crippen molar-refractivity contribution in [1.82, 2.24) is 20.0 Å². The van der Waals surface area contributed by atoms with E-state index in [0.717, 1.165) is 25.0 Å². The molecule has 1 aromatic rings. The van der Waals surface area contributed by atoms with Crippen molar-refractivity contribution in [2.45, 2.75) is 65.5 Å². The highest BCUT2D eigenvalue weighted by Gasteiger charge is 2.37. The number of hydrogen-bond donors (Lipinski definition) is 1. The first kappa shape index (κ1) is 17.8. The summed E-state index contributed by atoms with van der Waals surface area (Å²) in [5, 5.41) is 8.26. The van der Waals surface area contributed by atoms with Gasteiger partial charge in [0.1, 0.15) is 0 Å². The van der Waals surface area contributed by atoms with Crippen molar-refractivity contribution in [3.05, 3.63) is 17.5 Å². The molecule has 5 heteroatoms. The third kappa shape index (κ3) is 4.72. The highest BCUT2D eigenvalue weighted by atomic mass is 15.3. The molecule has 1 heterocycles. The van der Waals surface area contributed by atoms with Gasteiger partial charge in [0.25, 0.3) is 0 Å². The Bertz CT molecular complexity index is 532. The van der Waals surface area contributed by atoms with Gasteiger partial charge in [0.05, 0.1) is 5.69 Å². The first-order chi connectivity index (χ1) is 11.0. The van der Waals surface area contributed by atoms with E-state index in [1.807, 2.05) is 11.7 Å². The van der Waals surface area contributed by atoms with Crippen LogP contribution in [0, 0.1) is 5.92 Å². The summed E-state index contributed by atoms with van der Waals surface area (Å²) in [6, 6.07) is 0.612. The molecule has 1 aliphatic carbocycles. The van der Waals surface area contributed by atoms with E-state index < -0.39 is 0 Å². The van der Waals surface area contributed by atoms with E-state index in [0.29, 0.717) is 12.0 Å². The number of hydrogen-bond acceptors (Lipinski definition) is 2. The van der Waals surface area contributed by atoms with Gasteiger partial charge in [-0.1, -0.05) is 27.2 Å². The van der Waals surface area contributed by atoms with Crippen molar-refractivity contribution in [3.63, 3.8) is 0 Å². The highest BCUT2D eigenvalue weighted by Crippen LogP contribution is 2.34. The maximum Gasteiger partial charge on any atom is 0.194 e. The smallest absolute Gasteiger partial charge is 0.194 e. The molecule has 2 atom stereocenters. The third-order valence-electron chi connectivity index (χ3n) is 4.46. The average Bonchev–Trinajstić information content (AvgIpc) is 3.10. The summed E-state index contributed by atoms with van der Waals surface area (Å²) in [4.78, 5) is 6.91. The molecule has 0 radical (unpaired) electrons. The van der Waals surface area contributed by atoms with Crippen molar-refractivity contribution in [2.75, 3.05) is 13.6 Å². The van der Waals surface area contributed by atoms with E-state index in [-0.39, 0.29) is 0 Å². The zero-order valence-corrected chi connectivity index (χ0v) is 15.6. The molecular formula is C18H33N5. The number of guanidine groups is 1. The Hall–Kier alpha value is -1.52. The van der Waals surface area contributed by atoms with Crippen LogP contribution in [0.4, 0.5) is 0 Å². The van der Waals surface area contributed by atoms with Gasteiger partial charge in [-0.2, -0.15) is 5.10 Å². The molecule has 0 saturated heterocycles. The van der Waals surface area contributed by atoms with E-state index in [1.165, 1.54) is 30.5 Å². The Kier molecular flexibility index (Phi) is 6.08. The fraction of sp³-hybridized carbons (Fsp3) is 0.778. The van der Waals surface area contributed by atoms with Gasteiger partial charge in [-0.25, -0.2) is 0 Å². The summed E-state index contributed by atoms with van der Waals surface area (Å²) >= 11 is 0. The number of nitrogens with zero attached hydrogens (tertiary/aromatic N) is 4. The molecule has 0 amide bonds. The van der Waals surface area contributed by atoms with E-state index in [1.54, 1.807) is 0 Å². The zero-order chi connectivity index (χ0) is 17.0. The molecule has 0 bridgehead atoms. The van der Waals surface area contributed by atoms with E-state index in [9.17, 15) is 0 Å². The van der Waals surface area contributed by atoms with Gasteiger partial charge < -0.3 is 10.2 Å². The summed E-state index contributed by atoms with van der Waals surface area (Å²) in [6.45, 7) is 10.4. The molecule has 23 heavy (non-hydrogen) atoms. The topological polar surface area (TPSA) is 45.5 Å². The van der Waals surface area contributed by atoms with Crippen LogP contribution in [0.1, 0.15) is 64.1 Å². The van der Waals surface area contributed by atoms with Crippen molar-refractivity contribution in [3.8, 4) is 0 Å². The molecule has 5 nitrogen and oxygen atoms in total. The van der Waals surface area contributed by atoms with Crippen molar-refractivity contribution >= 4 is 5.96 Å². The lowest BCUT2D eigenvalue weighted by Gasteiger charge is -2.23. The van der Waals surface area contributed by atoms with Gasteiger partial charge in [-0.3, -0.25) is 9.67 Å². The second kappa shape index (κ2) is 7.84. The van der Waals surface area contributed by atoms with Crippen molar-refractivity contribution < 1.29 is 0 Å². The van der Waals surface area contributed by atoms with Gasteiger partial charge in [0.2, 0.25) is 0 Å². The molecule has 1 aromatic heterocycles. The molecule has 0 aliphatic heterocycles. The monoisotopic (exact) mass is 319 g/mol. The lowest BCUT2D eigenvalue weighted by Crippen LogP contribution is -2.40. The average molecular weight is 319 g/mol. The van der Waals surface area contributed by atoms with Crippen LogP contribution in [0.25, 0.3) is 0 Å². The normalized spacial score (nSPS) is 20.9. The number of aliphatic imine (C=N–C) groups is 1. The first-order valence-electron chi connectivity index (χ1n) is 9.00. The van der Waals surface area contributed by atoms with E-state index in [4.69, 9.17) is 0 Å². The standard InChI is InChI=1S/C18H33N5/c1-7-9-14-10-16(14)20-18(19-8-2)22(5)11-15-12-23(6)21-17(15)13(3)4/h12-14,16H,7-11H2,1-6H3,(H,19,20). The maximum absolute atomic E-state index is 4.68. The fourth-order valence-corrected chi connectivity index (χ4v) is 3.20. The minimum Gasteiger partial charge on any atom is -0.353 e. The Morgan fingerprint density at radius 2 is 2.22 bits per heavy atom. The summed E-state index contributed by atoms with van der Waals surface area (Å²) in [7, 11) is 4.12. The predicted octanol–water partition coefficient (Wildman–Crippen LogP) is 3.13. The van der Waals surface area contributed by atoms with Crippen LogP contribution in [-0.4, -0.2) is 40.3 Å². The molecule has 2 rings (SSSR count). The maximum atomic E-state index is 4.68. The lowest BCUT2D eigenvalue weighted by molar-refractivity contribution is 0.468. The molecule has 1 saturated carbocycles. The second-order valence-corrected chi connectivity index (χ2v) is 7.06. The molecule has 1 aliphatic rings. The number of aromatic nitrogens is 2. The van der Waals surface area contributed by atoms with E-state index in [2.05, 4.69) is 61.2 Å². The summed E-state index contributed by atoms with van der Waals surface area (Å²) in [6.07, 6.45) is 6.01. The molecule has 0 spiro atoms. The minimum absolute atomic E-state index is 0.441. The molecule has 1 fully saturated rings. The predicted molar refractivity (Wildman–Crippen MR) is 96.7 cm³/mol. The Labute approximate surface area is 141 Å². The molecule has 130 valence electrons. The minimum atomic E-state index is 0.441. The zero-order valence-electron chi connectivity index (χ0n) is 15.6. The van der Waals surface area contributed by atoms with Gasteiger partial charge in [-0.15, -0.1) is 0 Å². The largest absolute Gasteiger partial charge is 0.353 e. The molecule has 1 N–H and O–H groups in total. The van der Waals surface area contributed by atoms with Crippen molar-refractivity contribution in [2.24, 2.45) is 18.0 Å². The number of aryl methyl sites for hydroxylation is 1. The van der Waals surface area contributed by atoms with Crippen LogP contribution < -0.4 is 5.32 Å². The van der Waals surface area contributed by atoms with Crippen molar-refractivity contribution in [1.29, 1.82) is 0 Å².